The Kier molecular flexibility index (Phi) is 5.08. The van der Waals surface area contributed by atoms with Crippen molar-refractivity contribution in [1.29, 1.82) is 0 Å². The van der Waals surface area contributed by atoms with E-state index in [4.69, 9.17) is 0 Å². The third kappa shape index (κ3) is 3.50. The number of hydrogen-bond donors (Lipinski definition) is 0. The summed E-state index contributed by atoms with van der Waals surface area (Å²) >= 11 is 0. The van der Waals surface area contributed by atoms with Crippen molar-refractivity contribution in [2.45, 2.75) is 52.5 Å². The average molecular weight is 208 g/mol. The van der Waals surface area contributed by atoms with Gasteiger partial charge in [-0.15, -0.1) is 0 Å². The largest absolute Gasteiger partial charge is 0.296 e. The highest BCUT2D eigenvalue weighted by Gasteiger charge is 2.04. The van der Waals surface area contributed by atoms with Gasteiger partial charge < -0.3 is 0 Å². The highest BCUT2D eigenvalue weighted by atomic mass is 16.1. The Morgan fingerprint density at radius 2 is 2.07 bits per heavy atom. The summed E-state index contributed by atoms with van der Waals surface area (Å²) in [5.74, 6) is 0. The zero-order chi connectivity index (χ0) is 11.1. The van der Waals surface area contributed by atoms with E-state index >= 15 is 0 Å². The Morgan fingerprint density at radius 3 is 2.73 bits per heavy atom. The molecular formula is C12H20N2O. The highest BCUT2D eigenvalue weighted by Crippen LogP contribution is 2.08. The quantitative estimate of drug-likeness (QED) is 0.510. The Bertz CT molecular complexity index is 305. The first-order valence-corrected chi connectivity index (χ1v) is 5.77. The molecule has 0 saturated carbocycles. The molecule has 3 nitrogen and oxygen atoms in total. The maximum atomic E-state index is 10.8. The van der Waals surface area contributed by atoms with Gasteiger partial charge in [-0.05, 0) is 18.9 Å². The third-order valence-electron chi connectivity index (χ3n) is 2.66. The summed E-state index contributed by atoms with van der Waals surface area (Å²) < 4.78 is 1.81. The molecule has 84 valence electrons. The molecule has 1 heterocycles. The van der Waals surface area contributed by atoms with Gasteiger partial charge in [0.1, 0.15) is 5.69 Å². The van der Waals surface area contributed by atoms with Gasteiger partial charge in [-0.1, -0.05) is 32.6 Å². The molecule has 0 amide bonds. The highest BCUT2D eigenvalue weighted by molar-refractivity contribution is 5.74. The van der Waals surface area contributed by atoms with Crippen molar-refractivity contribution in [3.8, 4) is 0 Å². The van der Waals surface area contributed by atoms with Gasteiger partial charge in [0.15, 0.2) is 6.29 Å². The van der Waals surface area contributed by atoms with Crippen molar-refractivity contribution >= 4 is 6.29 Å². The third-order valence-corrected chi connectivity index (χ3v) is 2.66. The van der Waals surface area contributed by atoms with Crippen LogP contribution in [-0.2, 0) is 6.54 Å². The van der Waals surface area contributed by atoms with Crippen molar-refractivity contribution in [2.24, 2.45) is 0 Å². The van der Waals surface area contributed by atoms with E-state index in [1.807, 2.05) is 11.6 Å². The van der Waals surface area contributed by atoms with E-state index in [0.29, 0.717) is 0 Å². The molecule has 0 aliphatic heterocycles. The molecule has 0 fully saturated rings. The molecule has 1 rings (SSSR count). The molecular weight excluding hydrogens is 188 g/mol. The molecule has 0 unspecified atom stereocenters. The van der Waals surface area contributed by atoms with Gasteiger partial charge in [0.2, 0.25) is 0 Å². The molecule has 15 heavy (non-hydrogen) atoms. The van der Waals surface area contributed by atoms with E-state index in [1.54, 1.807) is 6.20 Å². The molecule has 0 saturated heterocycles. The van der Waals surface area contributed by atoms with Crippen LogP contribution in [0, 0.1) is 6.92 Å². The number of aldehydes is 1. The Morgan fingerprint density at radius 1 is 1.33 bits per heavy atom. The van der Waals surface area contributed by atoms with Gasteiger partial charge in [-0.3, -0.25) is 9.48 Å². The topological polar surface area (TPSA) is 34.9 Å². The summed E-state index contributed by atoms with van der Waals surface area (Å²) in [7, 11) is 0. The zero-order valence-electron chi connectivity index (χ0n) is 9.70. The number of hydrogen-bond acceptors (Lipinski definition) is 2. The molecule has 1 aromatic heterocycles. The van der Waals surface area contributed by atoms with E-state index in [2.05, 4.69) is 12.0 Å². The summed E-state index contributed by atoms with van der Waals surface area (Å²) in [4.78, 5) is 10.8. The van der Waals surface area contributed by atoms with Crippen molar-refractivity contribution in [3.05, 3.63) is 17.5 Å². The second kappa shape index (κ2) is 6.38. The van der Waals surface area contributed by atoms with E-state index in [0.717, 1.165) is 30.5 Å². The van der Waals surface area contributed by atoms with Gasteiger partial charge >= 0.3 is 0 Å². The van der Waals surface area contributed by atoms with Crippen molar-refractivity contribution in [2.75, 3.05) is 0 Å². The predicted octanol–water partition coefficient (Wildman–Crippen LogP) is 2.97. The van der Waals surface area contributed by atoms with Crippen LogP contribution in [0.4, 0.5) is 0 Å². The lowest BCUT2D eigenvalue weighted by atomic mass is 10.1. The van der Waals surface area contributed by atoms with Crippen LogP contribution >= 0.6 is 0 Å². The Hall–Kier alpha value is -1.12. The molecule has 0 aliphatic rings. The van der Waals surface area contributed by atoms with Crippen molar-refractivity contribution in [1.82, 2.24) is 9.78 Å². The van der Waals surface area contributed by atoms with Crippen LogP contribution in [0.25, 0.3) is 0 Å². The summed E-state index contributed by atoms with van der Waals surface area (Å²) in [6.45, 7) is 5.00. The van der Waals surface area contributed by atoms with E-state index < -0.39 is 0 Å². The molecule has 0 aromatic carbocycles. The van der Waals surface area contributed by atoms with Gasteiger partial charge in [0.25, 0.3) is 0 Å². The van der Waals surface area contributed by atoms with Gasteiger partial charge in [-0.25, -0.2) is 0 Å². The molecule has 0 spiro atoms. The number of carbonyl (C=O) groups is 1. The van der Waals surface area contributed by atoms with Gasteiger partial charge in [-0.2, -0.15) is 5.10 Å². The SMILES string of the molecule is CCCCCCCn1ncc(C)c1C=O. The fraction of sp³-hybridized carbons (Fsp3) is 0.667. The van der Waals surface area contributed by atoms with Crippen molar-refractivity contribution in [3.63, 3.8) is 0 Å². The summed E-state index contributed by atoms with van der Waals surface area (Å²) in [6, 6.07) is 0. The molecule has 0 N–H and O–H groups in total. The first-order valence-electron chi connectivity index (χ1n) is 5.77. The molecule has 3 heteroatoms. The minimum atomic E-state index is 0.727. The molecule has 1 aromatic rings. The zero-order valence-corrected chi connectivity index (χ0v) is 9.70. The van der Waals surface area contributed by atoms with Crippen LogP contribution in [0.2, 0.25) is 0 Å². The first kappa shape index (κ1) is 12.0. The van der Waals surface area contributed by atoms with Gasteiger partial charge in [0.05, 0.1) is 6.20 Å². The molecule has 0 radical (unpaired) electrons. The van der Waals surface area contributed by atoms with Crippen molar-refractivity contribution < 1.29 is 4.79 Å². The van der Waals surface area contributed by atoms with Crippen LogP contribution in [0.3, 0.4) is 0 Å². The fourth-order valence-corrected chi connectivity index (χ4v) is 1.69. The molecule has 0 aliphatic carbocycles. The Balaban J connectivity index is 2.34. The average Bonchev–Trinajstić information content (AvgIpc) is 2.59. The van der Waals surface area contributed by atoms with E-state index in [-0.39, 0.29) is 0 Å². The van der Waals surface area contributed by atoms with Crippen LogP contribution in [0.15, 0.2) is 6.20 Å². The molecule has 0 bridgehead atoms. The summed E-state index contributed by atoms with van der Waals surface area (Å²) in [6.07, 6.45) is 8.85. The maximum Gasteiger partial charge on any atom is 0.168 e. The van der Waals surface area contributed by atoms with Gasteiger partial charge in [0, 0.05) is 6.54 Å². The summed E-state index contributed by atoms with van der Waals surface area (Å²) in [5.41, 5.74) is 1.70. The fourth-order valence-electron chi connectivity index (χ4n) is 1.69. The van der Waals surface area contributed by atoms with Crippen LogP contribution in [0.5, 0.6) is 0 Å². The second-order valence-electron chi connectivity index (χ2n) is 3.97. The minimum Gasteiger partial charge on any atom is -0.296 e. The monoisotopic (exact) mass is 208 g/mol. The number of aromatic nitrogens is 2. The normalized spacial score (nSPS) is 10.5. The first-order chi connectivity index (χ1) is 7.29. The van der Waals surface area contributed by atoms with Crippen LogP contribution < -0.4 is 0 Å². The van der Waals surface area contributed by atoms with E-state index in [1.165, 1.54) is 25.7 Å². The standard InChI is InChI=1S/C12H20N2O/c1-3-4-5-6-7-8-14-12(10-15)11(2)9-13-14/h9-10H,3-8H2,1-2H3. The second-order valence-corrected chi connectivity index (χ2v) is 3.97. The predicted molar refractivity (Wildman–Crippen MR) is 61.1 cm³/mol. The number of aryl methyl sites for hydroxylation is 2. The number of rotatable bonds is 7. The number of carbonyl (C=O) groups excluding carboxylic acids is 1. The smallest absolute Gasteiger partial charge is 0.168 e. The maximum absolute atomic E-state index is 10.8. The lowest BCUT2D eigenvalue weighted by Gasteiger charge is -2.03. The minimum absolute atomic E-state index is 0.727. The Labute approximate surface area is 91.5 Å². The van der Waals surface area contributed by atoms with Crippen LogP contribution in [-0.4, -0.2) is 16.1 Å². The number of unbranched alkanes of at least 4 members (excludes halogenated alkanes) is 4. The summed E-state index contributed by atoms with van der Waals surface area (Å²) in [5, 5.41) is 4.19. The van der Waals surface area contributed by atoms with E-state index in [9.17, 15) is 4.79 Å². The van der Waals surface area contributed by atoms with Crippen LogP contribution in [0.1, 0.15) is 55.1 Å². The lowest BCUT2D eigenvalue weighted by Crippen LogP contribution is -2.04. The lowest BCUT2D eigenvalue weighted by molar-refractivity contribution is 0.111. The molecule has 0 atom stereocenters. The number of nitrogens with zero attached hydrogens (tertiary/aromatic N) is 2.